The Labute approximate surface area is 146 Å². The third-order valence-corrected chi connectivity index (χ3v) is 4.83. The summed E-state index contributed by atoms with van der Waals surface area (Å²) >= 11 is 0. The second kappa shape index (κ2) is 5.73. The highest BCUT2D eigenvalue weighted by Gasteiger charge is 2.29. The van der Waals surface area contributed by atoms with Gasteiger partial charge >= 0.3 is 0 Å². The number of rotatable bonds is 3. The van der Waals surface area contributed by atoms with Gasteiger partial charge in [0.15, 0.2) is 0 Å². The maximum absolute atomic E-state index is 13.4. The van der Waals surface area contributed by atoms with Crippen molar-refractivity contribution in [1.82, 2.24) is 34.4 Å². The van der Waals surface area contributed by atoms with Gasteiger partial charge in [0, 0.05) is 12.6 Å². The van der Waals surface area contributed by atoms with E-state index in [9.17, 15) is 9.18 Å². The Hall–Kier alpha value is -3.07. The Balaban J connectivity index is 1.46. The Kier molecular flexibility index (Phi) is 3.35. The molecule has 9 heteroatoms. The van der Waals surface area contributed by atoms with Gasteiger partial charge in [0.2, 0.25) is 0 Å². The quantitative estimate of drug-likeness (QED) is 0.585. The van der Waals surface area contributed by atoms with Gasteiger partial charge in [-0.2, -0.15) is 4.52 Å². The van der Waals surface area contributed by atoms with Crippen LogP contribution in [0.15, 0.2) is 35.4 Å². The normalized spacial score (nSPS) is 18.3. The van der Waals surface area contributed by atoms with Crippen molar-refractivity contribution < 1.29 is 4.39 Å². The predicted octanol–water partition coefficient (Wildman–Crippen LogP) is 1.77. The van der Waals surface area contributed by atoms with Crippen molar-refractivity contribution in [2.75, 3.05) is 6.54 Å². The number of aromatic nitrogens is 6. The number of likely N-dealkylation sites (tertiary alicyclic amines) is 1. The average molecular weight is 353 g/mol. The van der Waals surface area contributed by atoms with Crippen molar-refractivity contribution >= 4 is 16.8 Å². The summed E-state index contributed by atoms with van der Waals surface area (Å²) in [7, 11) is 0. The van der Waals surface area contributed by atoms with Crippen LogP contribution in [0, 0.1) is 5.82 Å². The van der Waals surface area contributed by atoms with E-state index in [0.717, 1.165) is 30.7 Å². The number of hydrogen-bond acceptors (Lipinski definition) is 5. The highest BCUT2D eigenvalue weighted by molar-refractivity contribution is 5.75. The number of nitrogens with zero attached hydrogens (tertiary/aromatic N) is 5. The second-order valence-corrected chi connectivity index (χ2v) is 6.52. The molecule has 0 aliphatic carbocycles. The number of imidazole rings is 1. The molecular weight excluding hydrogens is 337 g/mol. The van der Waals surface area contributed by atoms with E-state index in [2.05, 4.69) is 29.9 Å². The molecule has 0 radical (unpaired) electrons. The molecule has 1 saturated heterocycles. The van der Waals surface area contributed by atoms with Crippen LogP contribution in [0.3, 0.4) is 0 Å². The summed E-state index contributed by atoms with van der Waals surface area (Å²) in [6.07, 6.45) is 3.42. The van der Waals surface area contributed by atoms with Gasteiger partial charge in [0.25, 0.3) is 11.3 Å². The number of benzene rings is 1. The molecule has 0 spiro atoms. The standard InChI is InChI=1S/C17H16FN7O/c18-10-3-4-12-13(6-10)23-16(22-12)14-2-1-5-24(14)8-11-7-15(26)25-17(21-11)19-9-20-25/h3-4,6-7,9,14H,1-2,5,8H2,(H,22,23)(H,19,20,21)/t14-/m0/s1. The Morgan fingerprint density at radius 2 is 2.19 bits per heavy atom. The van der Waals surface area contributed by atoms with Gasteiger partial charge in [0.05, 0.1) is 22.8 Å². The lowest BCUT2D eigenvalue weighted by atomic mass is 10.2. The van der Waals surface area contributed by atoms with Crippen molar-refractivity contribution in [2.24, 2.45) is 0 Å². The highest BCUT2D eigenvalue weighted by atomic mass is 19.1. The topological polar surface area (TPSA) is 95.0 Å². The third-order valence-electron chi connectivity index (χ3n) is 4.83. The first-order chi connectivity index (χ1) is 12.7. The van der Waals surface area contributed by atoms with Gasteiger partial charge in [-0.1, -0.05) is 0 Å². The van der Waals surface area contributed by atoms with E-state index in [1.165, 1.54) is 29.0 Å². The van der Waals surface area contributed by atoms with Gasteiger partial charge in [0.1, 0.15) is 18.0 Å². The van der Waals surface area contributed by atoms with Crippen LogP contribution in [0.2, 0.25) is 0 Å². The first kappa shape index (κ1) is 15.2. The molecule has 1 fully saturated rings. The molecule has 1 atom stereocenters. The van der Waals surface area contributed by atoms with Crippen molar-refractivity contribution in [3.05, 3.63) is 58.3 Å². The first-order valence-electron chi connectivity index (χ1n) is 8.49. The second-order valence-electron chi connectivity index (χ2n) is 6.52. The molecule has 4 aromatic rings. The summed E-state index contributed by atoms with van der Waals surface area (Å²) in [6, 6.07) is 6.16. The maximum atomic E-state index is 13.4. The molecule has 0 amide bonds. The summed E-state index contributed by atoms with van der Waals surface area (Å²) in [5.74, 6) is 0.899. The number of nitrogens with one attached hydrogen (secondary N) is 2. The number of aromatic amines is 2. The number of halogens is 1. The molecular formula is C17H16FN7O. The molecule has 2 N–H and O–H groups in total. The van der Waals surface area contributed by atoms with E-state index in [-0.39, 0.29) is 17.4 Å². The molecule has 0 saturated carbocycles. The number of hydrogen-bond donors (Lipinski definition) is 2. The molecule has 1 aliphatic rings. The van der Waals surface area contributed by atoms with Crippen LogP contribution < -0.4 is 5.56 Å². The summed E-state index contributed by atoms with van der Waals surface area (Å²) in [4.78, 5) is 30.7. The fourth-order valence-corrected chi connectivity index (χ4v) is 3.64. The number of H-pyrrole nitrogens is 2. The minimum Gasteiger partial charge on any atom is -0.341 e. The Morgan fingerprint density at radius 1 is 1.27 bits per heavy atom. The highest BCUT2D eigenvalue weighted by Crippen LogP contribution is 2.32. The van der Waals surface area contributed by atoms with E-state index in [1.807, 2.05) is 0 Å². The SMILES string of the molecule is O=c1cc(CN2CCC[C@H]2c2nc3ccc(F)cc3[nH]2)nc2nc[nH]n12. The largest absolute Gasteiger partial charge is 0.341 e. The zero-order chi connectivity index (χ0) is 17.7. The fraction of sp³-hybridized carbons (Fsp3) is 0.294. The van der Waals surface area contributed by atoms with Crippen LogP contribution in [0.5, 0.6) is 0 Å². The van der Waals surface area contributed by atoms with Crippen molar-refractivity contribution in [1.29, 1.82) is 0 Å². The summed E-state index contributed by atoms with van der Waals surface area (Å²) in [6.45, 7) is 1.42. The van der Waals surface area contributed by atoms with E-state index < -0.39 is 0 Å². The van der Waals surface area contributed by atoms with Crippen LogP contribution >= 0.6 is 0 Å². The molecule has 5 rings (SSSR count). The van der Waals surface area contributed by atoms with Crippen LogP contribution in [0.4, 0.5) is 4.39 Å². The summed E-state index contributed by atoms with van der Waals surface area (Å²) < 4.78 is 14.7. The molecule has 26 heavy (non-hydrogen) atoms. The molecule has 1 aromatic carbocycles. The molecule has 0 unspecified atom stereocenters. The summed E-state index contributed by atoms with van der Waals surface area (Å²) in [5, 5.41) is 2.73. The maximum Gasteiger partial charge on any atom is 0.274 e. The number of fused-ring (bicyclic) bond motifs is 2. The zero-order valence-corrected chi connectivity index (χ0v) is 13.8. The summed E-state index contributed by atoms with van der Waals surface area (Å²) in [5.41, 5.74) is 1.94. The molecule has 1 aliphatic heterocycles. The Morgan fingerprint density at radius 3 is 3.12 bits per heavy atom. The van der Waals surface area contributed by atoms with E-state index in [4.69, 9.17) is 0 Å². The predicted molar refractivity (Wildman–Crippen MR) is 92.0 cm³/mol. The van der Waals surface area contributed by atoms with Gasteiger partial charge in [-0.15, -0.1) is 0 Å². The van der Waals surface area contributed by atoms with Crippen LogP contribution in [-0.2, 0) is 6.54 Å². The molecule has 132 valence electrons. The molecule has 8 nitrogen and oxygen atoms in total. The van der Waals surface area contributed by atoms with Crippen molar-refractivity contribution in [2.45, 2.75) is 25.4 Å². The molecule has 4 heterocycles. The lowest BCUT2D eigenvalue weighted by Gasteiger charge is -2.22. The lowest BCUT2D eigenvalue weighted by Crippen LogP contribution is -2.26. The smallest absolute Gasteiger partial charge is 0.274 e. The van der Waals surface area contributed by atoms with Crippen LogP contribution in [0.25, 0.3) is 16.8 Å². The van der Waals surface area contributed by atoms with E-state index in [0.29, 0.717) is 23.5 Å². The lowest BCUT2D eigenvalue weighted by molar-refractivity contribution is 0.238. The third kappa shape index (κ3) is 2.48. The van der Waals surface area contributed by atoms with Gasteiger partial charge < -0.3 is 4.98 Å². The molecule has 3 aromatic heterocycles. The minimum atomic E-state index is -0.284. The minimum absolute atomic E-state index is 0.0879. The monoisotopic (exact) mass is 353 g/mol. The zero-order valence-electron chi connectivity index (χ0n) is 13.8. The van der Waals surface area contributed by atoms with Crippen molar-refractivity contribution in [3.63, 3.8) is 0 Å². The molecule has 0 bridgehead atoms. The van der Waals surface area contributed by atoms with Gasteiger partial charge in [-0.05, 0) is 37.6 Å². The van der Waals surface area contributed by atoms with E-state index >= 15 is 0 Å². The van der Waals surface area contributed by atoms with Gasteiger partial charge in [-0.25, -0.2) is 19.3 Å². The Bertz CT molecular complexity index is 1160. The van der Waals surface area contributed by atoms with Crippen LogP contribution in [0.1, 0.15) is 30.4 Å². The van der Waals surface area contributed by atoms with Gasteiger partial charge in [-0.3, -0.25) is 14.8 Å². The van der Waals surface area contributed by atoms with Crippen LogP contribution in [-0.4, -0.2) is 41.0 Å². The average Bonchev–Trinajstić information content (AvgIpc) is 3.32. The van der Waals surface area contributed by atoms with E-state index in [1.54, 1.807) is 6.07 Å². The first-order valence-corrected chi connectivity index (χ1v) is 8.49. The fourth-order valence-electron chi connectivity index (χ4n) is 3.64. The van der Waals surface area contributed by atoms with Crippen molar-refractivity contribution in [3.8, 4) is 0 Å².